The summed E-state index contributed by atoms with van der Waals surface area (Å²) >= 11 is 2.38. The van der Waals surface area contributed by atoms with Crippen LogP contribution in [0.25, 0.3) is 5.76 Å². The Hall–Kier alpha value is -4.09. The summed E-state index contributed by atoms with van der Waals surface area (Å²) in [5, 5.41) is 19.7. The number of pyridine rings is 1. The zero-order chi connectivity index (χ0) is 26.6. The van der Waals surface area contributed by atoms with Crippen LogP contribution in [-0.4, -0.2) is 38.6 Å². The van der Waals surface area contributed by atoms with Crippen LogP contribution in [0.4, 0.5) is 9.52 Å². The number of hydrogen-bond acceptors (Lipinski definition) is 9. The van der Waals surface area contributed by atoms with Gasteiger partial charge in [0.2, 0.25) is 5.13 Å². The van der Waals surface area contributed by atoms with Gasteiger partial charge in [0.15, 0.2) is 4.34 Å². The van der Waals surface area contributed by atoms with Gasteiger partial charge in [0.05, 0.1) is 18.2 Å². The maximum absolute atomic E-state index is 14.0. The highest BCUT2D eigenvalue weighted by Crippen LogP contribution is 2.44. The van der Waals surface area contributed by atoms with Crippen molar-refractivity contribution in [1.29, 1.82) is 0 Å². The van der Waals surface area contributed by atoms with Crippen LogP contribution in [-0.2, 0) is 15.3 Å². The maximum Gasteiger partial charge on any atom is 0.301 e. The van der Waals surface area contributed by atoms with Gasteiger partial charge in [0.1, 0.15) is 17.3 Å². The van der Waals surface area contributed by atoms with Crippen LogP contribution in [0.3, 0.4) is 0 Å². The van der Waals surface area contributed by atoms with Gasteiger partial charge in [-0.15, -0.1) is 10.2 Å². The van der Waals surface area contributed by atoms with E-state index in [1.54, 1.807) is 60.8 Å². The zero-order valence-corrected chi connectivity index (χ0v) is 21.7. The molecule has 38 heavy (non-hydrogen) atoms. The Bertz CT molecular complexity index is 1510. The van der Waals surface area contributed by atoms with E-state index < -0.39 is 17.7 Å². The summed E-state index contributed by atoms with van der Waals surface area (Å²) in [4.78, 5) is 31.9. The Morgan fingerprint density at radius 1 is 1.11 bits per heavy atom. The first kappa shape index (κ1) is 25.6. The molecule has 4 aromatic rings. The number of aliphatic hydroxyl groups excluding tert-OH is 1. The second kappa shape index (κ2) is 11.1. The average molecular weight is 549 g/mol. The van der Waals surface area contributed by atoms with Gasteiger partial charge in [-0.1, -0.05) is 47.4 Å². The average Bonchev–Trinajstić information content (AvgIpc) is 3.51. The van der Waals surface area contributed by atoms with E-state index in [0.29, 0.717) is 39.1 Å². The van der Waals surface area contributed by atoms with Gasteiger partial charge in [0, 0.05) is 23.7 Å². The molecule has 1 N–H and O–H groups in total. The molecule has 11 heteroatoms. The van der Waals surface area contributed by atoms with Crippen LogP contribution in [0.5, 0.6) is 5.75 Å². The molecule has 3 heterocycles. The number of halogens is 1. The molecule has 1 saturated heterocycles. The molecule has 0 radical (unpaired) electrons. The van der Waals surface area contributed by atoms with Crippen molar-refractivity contribution in [2.45, 2.75) is 23.1 Å². The Labute approximate surface area is 225 Å². The molecule has 2 aromatic carbocycles. The monoisotopic (exact) mass is 548 g/mol. The highest BCUT2D eigenvalue weighted by atomic mass is 32.2. The predicted molar refractivity (Wildman–Crippen MR) is 143 cm³/mol. The van der Waals surface area contributed by atoms with Gasteiger partial charge in [-0.2, -0.15) is 0 Å². The van der Waals surface area contributed by atoms with Crippen LogP contribution in [0.15, 0.2) is 83.0 Å². The van der Waals surface area contributed by atoms with Crippen molar-refractivity contribution >= 4 is 45.7 Å². The summed E-state index contributed by atoms with van der Waals surface area (Å²) in [6, 6.07) is 15.5. The number of Topliss-reactive ketones (excluding diaryl/α,β-unsaturated/α-hetero) is 1. The molecule has 0 spiro atoms. The van der Waals surface area contributed by atoms with Gasteiger partial charge in [0.25, 0.3) is 5.78 Å². The molecule has 1 aliphatic rings. The predicted octanol–water partition coefficient (Wildman–Crippen LogP) is 5.39. The molecule has 1 atom stereocenters. The van der Waals surface area contributed by atoms with E-state index >= 15 is 0 Å². The van der Waals surface area contributed by atoms with Crippen LogP contribution < -0.4 is 9.64 Å². The smallest absolute Gasteiger partial charge is 0.301 e. The third-order valence-corrected chi connectivity index (χ3v) is 7.90. The molecule has 1 unspecified atom stereocenters. The number of carbonyl (C=O) groups is 2. The van der Waals surface area contributed by atoms with Gasteiger partial charge < -0.3 is 9.84 Å². The zero-order valence-electron chi connectivity index (χ0n) is 20.1. The van der Waals surface area contributed by atoms with Crippen molar-refractivity contribution in [1.82, 2.24) is 15.2 Å². The number of aromatic nitrogens is 3. The van der Waals surface area contributed by atoms with Crippen molar-refractivity contribution in [3.05, 3.63) is 101 Å². The first-order valence-electron chi connectivity index (χ1n) is 11.6. The summed E-state index contributed by atoms with van der Waals surface area (Å²) in [6.45, 7) is 2.35. The summed E-state index contributed by atoms with van der Waals surface area (Å²) < 4.78 is 20.0. The number of benzene rings is 2. The normalized spacial score (nSPS) is 16.7. The number of thioether (sulfide) groups is 1. The Kier molecular flexibility index (Phi) is 7.47. The Morgan fingerprint density at radius 2 is 1.89 bits per heavy atom. The van der Waals surface area contributed by atoms with Crippen molar-refractivity contribution < 1.29 is 23.8 Å². The maximum atomic E-state index is 14.0. The van der Waals surface area contributed by atoms with Crippen molar-refractivity contribution in [2.75, 3.05) is 11.5 Å². The van der Waals surface area contributed by atoms with E-state index in [4.69, 9.17) is 4.74 Å². The molecule has 5 rings (SSSR count). The lowest BCUT2D eigenvalue weighted by Gasteiger charge is -2.22. The summed E-state index contributed by atoms with van der Waals surface area (Å²) in [5.74, 6) is -1.39. The quantitative estimate of drug-likeness (QED) is 0.103. The van der Waals surface area contributed by atoms with Crippen LogP contribution in [0.2, 0.25) is 0 Å². The number of carbonyl (C=O) groups excluding carboxylic acids is 2. The topological polar surface area (TPSA) is 106 Å². The molecule has 8 nitrogen and oxygen atoms in total. The third-order valence-electron chi connectivity index (χ3n) is 5.79. The van der Waals surface area contributed by atoms with E-state index in [-0.39, 0.29) is 22.3 Å². The Balaban J connectivity index is 1.51. The lowest BCUT2D eigenvalue weighted by Crippen LogP contribution is -2.29. The lowest BCUT2D eigenvalue weighted by molar-refractivity contribution is -0.132. The van der Waals surface area contributed by atoms with E-state index in [0.717, 1.165) is 11.3 Å². The first-order valence-corrected chi connectivity index (χ1v) is 13.4. The van der Waals surface area contributed by atoms with E-state index in [2.05, 4.69) is 15.2 Å². The summed E-state index contributed by atoms with van der Waals surface area (Å²) in [7, 11) is 0. The standard InChI is InChI=1S/C27H21FN4O4S2/c1-2-36-19-11-9-16(10-12-19)23(33)21-22(17-7-5-13-29-14-17)32(25(35)24(21)34)26-30-31-27(38-26)37-15-18-6-3-4-8-20(18)28/h3-14,22,33H,2,15H2,1H3/b23-21-. The van der Waals surface area contributed by atoms with Crippen molar-refractivity contribution in [3.8, 4) is 5.75 Å². The fraction of sp³-hybridized carbons (Fsp3) is 0.148. The first-order chi connectivity index (χ1) is 18.5. The minimum Gasteiger partial charge on any atom is -0.507 e. The summed E-state index contributed by atoms with van der Waals surface area (Å²) in [5.41, 5.74) is 1.32. The second-order valence-corrected chi connectivity index (χ2v) is 10.3. The molecule has 1 aliphatic heterocycles. The number of hydrogen-bond donors (Lipinski definition) is 1. The third kappa shape index (κ3) is 5.02. The number of ether oxygens (including phenoxy) is 1. The molecule has 192 valence electrons. The number of nitrogens with zero attached hydrogens (tertiary/aromatic N) is 4. The van der Waals surface area contributed by atoms with Crippen molar-refractivity contribution in [2.24, 2.45) is 0 Å². The highest BCUT2D eigenvalue weighted by Gasteiger charge is 2.48. The second-order valence-electron chi connectivity index (χ2n) is 8.14. The molecule has 0 aliphatic carbocycles. The number of anilines is 1. The molecule has 0 saturated carbocycles. The minimum absolute atomic E-state index is 0.0806. The van der Waals surface area contributed by atoms with Gasteiger partial charge >= 0.3 is 5.91 Å². The van der Waals surface area contributed by atoms with E-state index in [9.17, 15) is 19.1 Å². The summed E-state index contributed by atoms with van der Waals surface area (Å²) in [6.07, 6.45) is 3.11. The molecule has 1 fully saturated rings. The molecule has 0 bridgehead atoms. The number of amides is 1. The van der Waals surface area contributed by atoms with Crippen LogP contribution in [0, 0.1) is 5.82 Å². The molecule has 2 aromatic heterocycles. The van der Waals surface area contributed by atoms with Gasteiger partial charge in [-0.3, -0.25) is 19.5 Å². The van der Waals surface area contributed by atoms with Crippen LogP contribution in [0.1, 0.15) is 29.7 Å². The SMILES string of the molecule is CCOc1ccc(/C(O)=C2/C(=O)C(=O)N(c3nnc(SCc4ccccc4F)s3)C2c2cccnc2)cc1. The fourth-order valence-corrected chi connectivity index (χ4v) is 5.88. The molecule has 1 amide bonds. The van der Waals surface area contributed by atoms with E-state index in [1.165, 1.54) is 28.9 Å². The largest absolute Gasteiger partial charge is 0.507 e. The highest BCUT2D eigenvalue weighted by molar-refractivity contribution is 8.00. The van der Waals surface area contributed by atoms with E-state index in [1.807, 2.05) is 6.92 Å². The lowest BCUT2D eigenvalue weighted by atomic mass is 9.96. The number of rotatable bonds is 8. The van der Waals surface area contributed by atoms with Gasteiger partial charge in [-0.25, -0.2) is 4.39 Å². The van der Waals surface area contributed by atoms with Crippen molar-refractivity contribution in [3.63, 3.8) is 0 Å². The number of aliphatic hydroxyl groups is 1. The minimum atomic E-state index is -0.965. The van der Waals surface area contributed by atoms with Crippen LogP contribution >= 0.6 is 23.1 Å². The molecular weight excluding hydrogens is 527 g/mol. The fourth-order valence-electron chi connectivity index (χ4n) is 4.03. The van der Waals surface area contributed by atoms with Gasteiger partial charge in [-0.05, 0) is 54.4 Å². The Morgan fingerprint density at radius 3 is 2.61 bits per heavy atom. The number of ketones is 1. The molecular formula is C27H21FN4O4S2.